The van der Waals surface area contributed by atoms with Crippen molar-refractivity contribution in [3.63, 3.8) is 0 Å². The molecule has 8 unspecified atom stereocenters. The molecule has 22 heavy (non-hydrogen) atoms. The average Bonchev–Trinajstić information content (AvgIpc) is 3.31. The molecule has 2 aliphatic heterocycles. The highest BCUT2D eigenvalue weighted by molar-refractivity contribution is 9.11. The van der Waals surface area contributed by atoms with E-state index >= 15 is 0 Å². The van der Waals surface area contributed by atoms with Crippen LogP contribution < -0.4 is 0 Å². The molecule has 0 aromatic heterocycles. The Hall–Kier alpha value is 2.45. The van der Waals surface area contributed by atoms with E-state index in [-0.39, 0.29) is 0 Å². The standard InChI is InChI=1S/C8H12S4.C7H10S3/c1-2-6-3-5(1)7-8(6)12-10-4-9-11-7;1-2-5-3-4(1)6-7(5)9-10-8-6/h5-8H,1-4H2;4-7H,1-3H2. The Bertz CT molecular complexity index is 385. The van der Waals surface area contributed by atoms with Gasteiger partial charge in [0.15, 0.2) is 0 Å². The summed E-state index contributed by atoms with van der Waals surface area (Å²) in [6.45, 7) is 0. The third kappa shape index (κ3) is 3.02. The lowest BCUT2D eigenvalue weighted by Gasteiger charge is -2.26. The van der Waals surface area contributed by atoms with Crippen molar-refractivity contribution in [3.05, 3.63) is 0 Å². The Morgan fingerprint density at radius 3 is 1.36 bits per heavy atom. The van der Waals surface area contributed by atoms with Crippen molar-refractivity contribution in [1.82, 2.24) is 0 Å². The fourth-order valence-corrected chi connectivity index (χ4v) is 20.2. The van der Waals surface area contributed by atoms with Crippen molar-refractivity contribution >= 4 is 74.6 Å². The van der Waals surface area contributed by atoms with Crippen molar-refractivity contribution in [2.24, 2.45) is 23.7 Å². The molecular formula is C15H22S7. The minimum Gasteiger partial charge on any atom is -0.0884 e. The van der Waals surface area contributed by atoms with Crippen molar-refractivity contribution < 1.29 is 0 Å². The molecule has 0 amide bonds. The minimum absolute atomic E-state index is 1.01. The van der Waals surface area contributed by atoms with Gasteiger partial charge in [0.1, 0.15) is 0 Å². The van der Waals surface area contributed by atoms with Crippen LogP contribution in [0.15, 0.2) is 0 Å². The molecule has 0 aromatic rings. The van der Waals surface area contributed by atoms with Crippen LogP contribution in [0.25, 0.3) is 0 Å². The summed E-state index contributed by atoms with van der Waals surface area (Å²) in [5.41, 5.74) is 0. The Morgan fingerprint density at radius 2 is 0.909 bits per heavy atom. The number of hydrogen-bond donors (Lipinski definition) is 0. The second kappa shape index (κ2) is 7.22. The number of hydrogen-bond acceptors (Lipinski definition) is 7. The van der Waals surface area contributed by atoms with E-state index in [0.29, 0.717) is 0 Å². The van der Waals surface area contributed by atoms with Gasteiger partial charge in [0.05, 0.1) is 5.08 Å². The van der Waals surface area contributed by atoms with Gasteiger partial charge in [-0.3, -0.25) is 0 Å². The summed E-state index contributed by atoms with van der Waals surface area (Å²) >= 11 is 0. The lowest BCUT2D eigenvalue weighted by atomic mass is 10.00. The maximum absolute atomic E-state index is 2.19. The molecule has 0 N–H and O–H groups in total. The fourth-order valence-electron chi connectivity index (χ4n) is 5.25. The molecule has 4 aliphatic carbocycles. The first-order valence-corrected chi connectivity index (χ1v) is 16.8. The Balaban J connectivity index is 0.000000104. The van der Waals surface area contributed by atoms with Crippen LogP contribution in [0.2, 0.25) is 0 Å². The molecule has 4 saturated carbocycles. The maximum Gasteiger partial charge on any atom is 0.0600 e. The minimum atomic E-state index is 1.01. The average molecular weight is 427 g/mol. The first-order chi connectivity index (χ1) is 10.9. The summed E-state index contributed by atoms with van der Waals surface area (Å²) in [5, 5.41) is 5.41. The van der Waals surface area contributed by atoms with Gasteiger partial charge >= 0.3 is 0 Å². The summed E-state index contributed by atoms with van der Waals surface area (Å²) in [6, 6.07) is 0. The maximum atomic E-state index is 2.19. The molecule has 0 nitrogen and oxygen atoms in total. The van der Waals surface area contributed by atoms with Crippen LogP contribution in [-0.4, -0.2) is 26.1 Å². The predicted molar refractivity (Wildman–Crippen MR) is 115 cm³/mol. The Labute approximate surface area is 161 Å². The van der Waals surface area contributed by atoms with E-state index in [4.69, 9.17) is 0 Å². The molecule has 6 fully saturated rings. The zero-order chi connectivity index (χ0) is 14.5. The summed E-state index contributed by atoms with van der Waals surface area (Å²) in [7, 11) is 14.9. The molecule has 4 bridgehead atoms. The number of fused-ring (bicyclic) bond motifs is 10. The summed E-state index contributed by atoms with van der Waals surface area (Å²) in [4.78, 5) is 0. The molecule has 8 atom stereocenters. The summed E-state index contributed by atoms with van der Waals surface area (Å²) in [6.07, 6.45) is 9.27. The van der Waals surface area contributed by atoms with Crippen LogP contribution in [0.4, 0.5) is 0 Å². The fraction of sp³-hybridized carbons (Fsp3) is 1.00. The molecular weight excluding hydrogens is 405 g/mol. The van der Waals surface area contributed by atoms with Crippen molar-refractivity contribution in [2.75, 3.05) is 5.08 Å². The highest BCUT2D eigenvalue weighted by Crippen LogP contribution is 2.65. The smallest absolute Gasteiger partial charge is 0.0600 e. The monoisotopic (exact) mass is 426 g/mol. The van der Waals surface area contributed by atoms with E-state index < -0.39 is 0 Å². The van der Waals surface area contributed by atoms with E-state index in [2.05, 4.69) is 64.8 Å². The van der Waals surface area contributed by atoms with Crippen molar-refractivity contribution in [1.29, 1.82) is 0 Å². The molecule has 124 valence electrons. The van der Waals surface area contributed by atoms with Gasteiger partial charge in [-0.05, 0) is 72.0 Å². The van der Waals surface area contributed by atoms with Gasteiger partial charge in [-0.1, -0.05) is 64.8 Å². The third-order valence-electron chi connectivity index (χ3n) is 6.29. The topological polar surface area (TPSA) is 0 Å². The highest BCUT2D eigenvalue weighted by Gasteiger charge is 2.51. The second-order valence-electron chi connectivity index (χ2n) is 7.33. The lowest BCUT2D eigenvalue weighted by Crippen LogP contribution is -2.25. The first kappa shape index (κ1) is 16.6. The van der Waals surface area contributed by atoms with Crippen LogP contribution >= 0.6 is 74.6 Å². The predicted octanol–water partition coefficient (Wildman–Crippen LogP) is 7.08. The van der Waals surface area contributed by atoms with E-state index in [1.54, 1.807) is 25.7 Å². The summed E-state index contributed by atoms with van der Waals surface area (Å²) in [5.74, 6) is 4.40. The van der Waals surface area contributed by atoms with Gasteiger partial charge in [-0.25, -0.2) is 0 Å². The molecule has 6 rings (SSSR count). The van der Waals surface area contributed by atoms with E-state index in [9.17, 15) is 0 Å². The third-order valence-corrected chi connectivity index (χ3v) is 18.5. The molecule has 0 radical (unpaired) electrons. The zero-order valence-corrected chi connectivity index (χ0v) is 18.1. The molecule has 2 saturated heterocycles. The van der Waals surface area contributed by atoms with Gasteiger partial charge in [0.25, 0.3) is 0 Å². The lowest BCUT2D eigenvalue weighted by molar-refractivity contribution is 0.507. The van der Waals surface area contributed by atoms with E-state index in [1.807, 2.05) is 9.83 Å². The van der Waals surface area contributed by atoms with Gasteiger partial charge in [0.2, 0.25) is 0 Å². The quantitative estimate of drug-likeness (QED) is 0.374. The molecule has 6 aliphatic rings. The van der Waals surface area contributed by atoms with Gasteiger partial charge < -0.3 is 0 Å². The van der Waals surface area contributed by atoms with E-state index in [0.717, 1.165) is 44.7 Å². The van der Waals surface area contributed by atoms with E-state index in [1.165, 1.54) is 17.9 Å². The molecule has 0 spiro atoms. The van der Waals surface area contributed by atoms with Gasteiger partial charge in [-0.2, -0.15) is 0 Å². The van der Waals surface area contributed by atoms with Crippen LogP contribution in [-0.2, 0) is 0 Å². The first-order valence-electron chi connectivity index (χ1n) is 8.45. The largest absolute Gasteiger partial charge is 0.0884 e. The van der Waals surface area contributed by atoms with Gasteiger partial charge in [0, 0.05) is 21.0 Å². The van der Waals surface area contributed by atoms with Crippen molar-refractivity contribution in [3.8, 4) is 0 Å². The highest BCUT2D eigenvalue weighted by atomic mass is 33.5. The second-order valence-corrected chi connectivity index (χ2v) is 17.2. The summed E-state index contributed by atoms with van der Waals surface area (Å²) < 4.78 is 0. The van der Waals surface area contributed by atoms with Gasteiger partial charge in [-0.15, -0.1) is 0 Å². The Kier molecular flexibility index (Phi) is 5.45. The SMILES string of the molecule is C1CC2CC1C1SSSC21.C1SSC2C3CCC(C3)C2SS1. The molecule has 2 heterocycles. The van der Waals surface area contributed by atoms with Crippen LogP contribution in [0.1, 0.15) is 38.5 Å². The van der Waals surface area contributed by atoms with Crippen LogP contribution in [0.5, 0.6) is 0 Å². The van der Waals surface area contributed by atoms with Crippen molar-refractivity contribution in [2.45, 2.75) is 59.5 Å². The normalized spacial score (nSPS) is 54.5. The molecule has 0 aromatic carbocycles. The Morgan fingerprint density at radius 1 is 0.500 bits per heavy atom. The zero-order valence-electron chi connectivity index (χ0n) is 12.4. The molecule has 7 heteroatoms. The van der Waals surface area contributed by atoms with Crippen LogP contribution in [0, 0.1) is 23.7 Å². The number of rotatable bonds is 0. The van der Waals surface area contributed by atoms with Crippen LogP contribution in [0.3, 0.4) is 0 Å².